The zero-order valence-electron chi connectivity index (χ0n) is 23.5. The molecule has 3 amide bonds. The lowest BCUT2D eigenvalue weighted by Gasteiger charge is -2.27. The van der Waals surface area contributed by atoms with Crippen LogP contribution in [0.1, 0.15) is 86.5 Å². The van der Waals surface area contributed by atoms with Crippen LogP contribution in [0.4, 0.5) is 9.59 Å². The van der Waals surface area contributed by atoms with Gasteiger partial charge < -0.3 is 32.0 Å². The normalized spacial score (nSPS) is 13.4. The van der Waals surface area contributed by atoms with Gasteiger partial charge in [0.05, 0.1) is 12.6 Å². The highest BCUT2D eigenvalue weighted by Crippen LogP contribution is 2.17. The molecule has 37 heavy (non-hydrogen) atoms. The number of rotatable bonds is 16. The summed E-state index contributed by atoms with van der Waals surface area (Å²) in [6.07, 6.45) is 1.88. The van der Waals surface area contributed by atoms with Crippen LogP contribution in [0.25, 0.3) is 0 Å². The Morgan fingerprint density at radius 1 is 0.811 bits per heavy atom. The number of ether oxygens (including phenoxy) is 2. The topological polar surface area (TPSA) is 189 Å². The van der Waals surface area contributed by atoms with Gasteiger partial charge in [0.1, 0.15) is 17.0 Å². The molecule has 0 unspecified atom stereocenters. The number of imide groups is 1. The first-order valence-electron chi connectivity index (χ1n) is 13.0. The average molecular weight is 532 g/mol. The summed E-state index contributed by atoms with van der Waals surface area (Å²) in [7, 11) is 0. The minimum absolute atomic E-state index is 0.0169. The monoisotopic (exact) mass is 531 g/mol. The number of unbranched alkanes of at least 4 members (excludes halogenated alkanes) is 2. The molecule has 0 aliphatic carbocycles. The Labute approximate surface area is 221 Å². The van der Waals surface area contributed by atoms with Gasteiger partial charge in [-0.25, -0.2) is 9.59 Å². The van der Waals surface area contributed by atoms with Crippen molar-refractivity contribution < 1.29 is 33.5 Å². The van der Waals surface area contributed by atoms with Gasteiger partial charge in [-0.1, -0.05) is 17.9 Å². The first-order valence-corrected chi connectivity index (χ1v) is 13.0. The van der Waals surface area contributed by atoms with Crippen LogP contribution in [0.15, 0.2) is 0 Å². The number of ketones is 1. The van der Waals surface area contributed by atoms with Crippen LogP contribution in [0, 0.1) is 5.92 Å². The smallest absolute Gasteiger partial charge is 0.442 e. The molecule has 0 aliphatic heterocycles. The lowest BCUT2D eigenvalue weighted by Crippen LogP contribution is -2.45. The Balaban J connectivity index is 5.07. The molecule has 0 spiro atoms. The number of hydrogen-bond acceptors (Lipinski definition) is 10. The summed E-state index contributed by atoms with van der Waals surface area (Å²) in [5.41, 5.74) is 15.3. The Morgan fingerprint density at radius 2 is 1.30 bits per heavy atom. The molecule has 0 fully saturated rings. The van der Waals surface area contributed by atoms with Gasteiger partial charge in [-0.2, -0.15) is 0 Å². The fourth-order valence-corrected chi connectivity index (χ4v) is 3.17. The molecule has 0 aromatic rings. The number of Topliss-reactive ketones (excluding diaryl/α,β-unsaturated/α-hetero) is 1. The van der Waals surface area contributed by atoms with E-state index in [9.17, 15) is 19.2 Å². The Kier molecular flexibility index (Phi) is 16.2. The summed E-state index contributed by atoms with van der Waals surface area (Å²) < 4.78 is 10.4. The quantitative estimate of drug-likeness (QED) is 0.170. The second-order valence-electron chi connectivity index (χ2n) is 10.9. The van der Waals surface area contributed by atoms with Crippen LogP contribution >= 0.6 is 0 Å². The van der Waals surface area contributed by atoms with Gasteiger partial charge in [-0.05, 0) is 80.3 Å². The number of hydroxylamine groups is 2. The van der Waals surface area contributed by atoms with E-state index in [0.29, 0.717) is 37.4 Å². The minimum atomic E-state index is -1.04. The second-order valence-corrected chi connectivity index (χ2v) is 10.9. The maximum Gasteiger partial charge on any atom is 0.444 e. The van der Waals surface area contributed by atoms with E-state index in [2.05, 4.69) is 5.32 Å². The third kappa shape index (κ3) is 17.0. The van der Waals surface area contributed by atoms with E-state index in [0.717, 1.165) is 19.3 Å². The molecule has 12 heteroatoms. The van der Waals surface area contributed by atoms with E-state index in [1.165, 1.54) is 0 Å². The van der Waals surface area contributed by atoms with Crippen molar-refractivity contribution in [2.24, 2.45) is 23.1 Å². The molecule has 0 aromatic carbocycles. The highest BCUT2D eigenvalue weighted by Gasteiger charge is 2.32. The second kappa shape index (κ2) is 17.3. The fourth-order valence-electron chi connectivity index (χ4n) is 3.17. The van der Waals surface area contributed by atoms with E-state index in [1.807, 2.05) is 0 Å². The van der Waals surface area contributed by atoms with Crippen molar-refractivity contribution in [3.63, 3.8) is 0 Å². The number of nitrogens with zero attached hydrogens (tertiary/aromatic N) is 1. The highest BCUT2D eigenvalue weighted by molar-refractivity contribution is 5.89. The molecule has 12 nitrogen and oxygen atoms in total. The Hall–Kier alpha value is -2.28. The van der Waals surface area contributed by atoms with Crippen molar-refractivity contribution in [2.45, 2.75) is 104 Å². The first-order chi connectivity index (χ1) is 17.1. The summed E-state index contributed by atoms with van der Waals surface area (Å²) in [5, 5.41) is 3.09. The van der Waals surface area contributed by atoms with Crippen molar-refractivity contribution in [1.82, 2.24) is 10.4 Å². The molecule has 0 bridgehead atoms. The third-order valence-electron chi connectivity index (χ3n) is 4.95. The number of amides is 3. The number of nitrogens with one attached hydrogen (secondary N) is 1. The minimum Gasteiger partial charge on any atom is -0.442 e. The maximum atomic E-state index is 12.8. The summed E-state index contributed by atoms with van der Waals surface area (Å²) in [4.78, 5) is 55.7. The standard InChI is InChI=1S/C25H49N5O7/c1-24(2,3)36-22(33)30(23(34)37-25(4,5)6)35-16-15-29-21(32)18(11-7-9-13-26)17-20(31)19(28)12-8-10-14-27/h18-19H,7-17,26-28H2,1-6H3,(H,29,32)/t18-,19+/m1/s1. The summed E-state index contributed by atoms with van der Waals surface area (Å²) in [5.74, 6) is -1.10. The molecule has 0 saturated heterocycles. The van der Waals surface area contributed by atoms with Gasteiger partial charge >= 0.3 is 12.2 Å². The molecule has 2 atom stereocenters. The number of carbonyl (C=O) groups is 4. The average Bonchev–Trinajstić information content (AvgIpc) is 2.75. The first kappa shape index (κ1) is 34.7. The number of nitrogens with two attached hydrogens (primary N) is 3. The molecular weight excluding hydrogens is 482 g/mol. The zero-order valence-corrected chi connectivity index (χ0v) is 23.5. The Bertz CT molecular complexity index is 691. The lowest BCUT2D eigenvalue weighted by atomic mass is 9.91. The van der Waals surface area contributed by atoms with E-state index < -0.39 is 35.3 Å². The van der Waals surface area contributed by atoms with Crippen LogP contribution in [0.3, 0.4) is 0 Å². The number of carbonyl (C=O) groups excluding carboxylic acids is 4. The zero-order chi connectivity index (χ0) is 28.6. The number of hydrogen-bond donors (Lipinski definition) is 4. The van der Waals surface area contributed by atoms with E-state index >= 15 is 0 Å². The van der Waals surface area contributed by atoms with Gasteiger partial charge in [0.2, 0.25) is 5.91 Å². The predicted molar refractivity (Wildman–Crippen MR) is 140 cm³/mol. The molecule has 0 aliphatic rings. The van der Waals surface area contributed by atoms with Crippen molar-refractivity contribution >= 4 is 23.9 Å². The summed E-state index contributed by atoms with van der Waals surface area (Å²) in [6.45, 7) is 10.7. The van der Waals surface area contributed by atoms with Crippen LogP contribution in [0.2, 0.25) is 0 Å². The molecule has 0 rings (SSSR count). The van der Waals surface area contributed by atoms with Crippen molar-refractivity contribution in [1.29, 1.82) is 0 Å². The molecule has 7 N–H and O–H groups in total. The van der Waals surface area contributed by atoms with Gasteiger partial charge in [0.25, 0.3) is 0 Å². The lowest BCUT2D eigenvalue weighted by molar-refractivity contribution is -0.140. The highest BCUT2D eigenvalue weighted by atomic mass is 16.8. The van der Waals surface area contributed by atoms with Gasteiger partial charge in [-0.15, -0.1) is 0 Å². The molecule has 0 radical (unpaired) electrons. The van der Waals surface area contributed by atoms with Gasteiger partial charge in [-0.3, -0.25) is 14.4 Å². The van der Waals surface area contributed by atoms with Crippen LogP contribution < -0.4 is 22.5 Å². The van der Waals surface area contributed by atoms with Crippen molar-refractivity contribution in [3.8, 4) is 0 Å². The molecule has 216 valence electrons. The van der Waals surface area contributed by atoms with Crippen LogP contribution in [-0.4, -0.2) is 72.4 Å². The third-order valence-corrected chi connectivity index (χ3v) is 4.95. The van der Waals surface area contributed by atoms with Crippen LogP contribution in [0.5, 0.6) is 0 Å². The van der Waals surface area contributed by atoms with Crippen molar-refractivity contribution in [3.05, 3.63) is 0 Å². The maximum absolute atomic E-state index is 12.8. The van der Waals surface area contributed by atoms with Gasteiger partial charge in [0.15, 0.2) is 0 Å². The van der Waals surface area contributed by atoms with E-state index in [-0.39, 0.29) is 31.3 Å². The molecule has 0 heterocycles. The van der Waals surface area contributed by atoms with E-state index in [4.69, 9.17) is 31.5 Å². The van der Waals surface area contributed by atoms with E-state index in [1.54, 1.807) is 41.5 Å². The summed E-state index contributed by atoms with van der Waals surface area (Å²) >= 11 is 0. The molecule has 0 saturated carbocycles. The molecule has 0 aromatic heterocycles. The fraction of sp³-hybridized carbons (Fsp3) is 0.840. The van der Waals surface area contributed by atoms with Crippen molar-refractivity contribution in [2.75, 3.05) is 26.2 Å². The van der Waals surface area contributed by atoms with Gasteiger partial charge in [0, 0.05) is 18.9 Å². The molecular formula is C25H49N5O7. The van der Waals surface area contributed by atoms with Crippen LogP contribution in [-0.2, 0) is 23.9 Å². The largest absolute Gasteiger partial charge is 0.444 e. The summed E-state index contributed by atoms with van der Waals surface area (Å²) in [6, 6.07) is -0.643. The SMILES string of the molecule is CC(C)(C)OC(=O)N(OCCNC(=O)[C@H](CCCCN)CC(=O)[C@@H](N)CCCCN)C(=O)OC(C)(C)C. The Morgan fingerprint density at radius 3 is 1.76 bits per heavy atom. The predicted octanol–water partition coefficient (Wildman–Crippen LogP) is 2.37.